The van der Waals surface area contributed by atoms with Gasteiger partial charge in [-0.25, -0.2) is 9.18 Å². The summed E-state index contributed by atoms with van der Waals surface area (Å²) in [4.78, 5) is 29.1. The largest absolute Gasteiger partial charge is 0.482 e. The van der Waals surface area contributed by atoms with Crippen molar-refractivity contribution in [2.24, 2.45) is 0 Å². The first kappa shape index (κ1) is 29.9. The van der Waals surface area contributed by atoms with E-state index >= 15 is 0 Å². The van der Waals surface area contributed by atoms with Crippen LogP contribution in [0.2, 0.25) is 25.7 Å². The molecule has 1 aromatic heterocycles. The van der Waals surface area contributed by atoms with Crippen molar-refractivity contribution in [1.29, 1.82) is 0 Å². The van der Waals surface area contributed by atoms with Gasteiger partial charge in [0.05, 0.1) is 5.69 Å². The molecule has 1 saturated heterocycles. The molecular formula is C25H36F4N4O4Si. The van der Waals surface area contributed by atoms with Crippen LogP contribution in [0, 0.1) is 5.82 Å². The summed E-state index contributed by atoms with van der Waals surface area (Å²) in [6.45, 7) is 9.09. The van der Waals surface area contributed by atoms with Crippen molar-refractivity contribution in [3.63, 3.8) is 0 Å². The minimum Gasteiger partial charge on any atom is -0.482 e. The monoisotopic (exact) mass is 560 g/mol. The van der Waals surface area contributed by atoms with E-state index in [1.807, 2.05) is 4.90 Å². The van der Waals surface area contributed by atoms with Crippen molar-refractivity contribution in [3.8, 4) is 5.75 Å². The smallest absolute Gasteiger partial charge is 0.422 e. The predicted molar refractivity (Wildman–Crippen MR) is 140 cm³/mol. The van der Waals surface area contributed by atoms with Crippen molar-refractivity contribution < 1.29 is 27.0 Å². The highest BCUT2D eigenvalue weighted by Gasteiger charge is 2.29. The lowest BCUT2D eigenvalue weighted by Crippen LogP contribution is -2.47. The van der Waals surface area contributed by atoms with E-state index < -0.39 is 32.4 Å². The highest BCUT2D eigenvalue weighted by atomic mass is 28.3. The first-order valence-corrected chi connectivity index (χ1v) is 16.4. The molecule has 212 valence electrons. The van der Waals surface area contributed by atoms with Crippen LogP contribution in [0.5, 0.6) is 5.75 Å². The Morgan fingerprint density at radius 3 is 2.37 bits per heavy atom. The summed E-state index contributed by atoms with van der Waals surface area (Å²) >= 11 is 0. The summed E-state index contributed by atoms with van der Waals surface area (Å²) in [5, 5.41) is 0. The molecular weight excluding hydrogens is 524 g/mol. The Kier molecular flexibility index (Phi) is 10.2. The van der Waals surface area contributed by atoms with Gasteiger partial charge in [-0.05, 0) is 31.1 Å². The van der Waals surface area contributed by atoms with Crippen LogP contribution >= 0.6 is 0 Å². The fraction of sp³-hybridized carbons (Fsp3) is 0.600. The Morgan fingerprint density at radius 1 is 1.00 bits per heavy atom. The third-order valence-corrected chi connectivity index (χ3v) is 7.95. The van der Waals surface area contributed by atoms with Gasteiger partial charge in [0, 0.05) is 65.7 Å². The van der Waals surface area contributed by atoms with Gasteiger partial charge in [-0.2, -0.15) is 13.2 Å². The molecule has 0 radical (unpaired) electrons. The van der Waals surface area contributed by atoms with Crippen LogP contribution in [0.1, 0.15) is 6.42 Å². The quantitative estimate of drug-likeness (QED) is 0.225. The molecule has 2 aromatic rings. The molecule has 1 aliphatic heterocycles. The second-order valence-electron chi connectivity index (χ2n) is 10.6. The number of piperazine rings is 1. The molecule has 0 bridgehead atoms. The zero-order valence-electron chi connectivity index (χ0n) is 22.1. The molecule has 8 nitrogen and oxygen atoms in total. The van der Waals surface area contributed by atoms with E-state index in [9.17, 15) is 27.2 Å². The number of aromatic nitrogens is 2. The van der Waals surface area contributed by atoms with E-state index in [0.29, 0.717) is 51.4 Å². The summed E-state index contributed by atoms with van der Waals surface area (Å²) in [5.74, 6) is -0.808. The summed E-state index contributed by atoms with van der Waals surface area (Å²) in [6, 6.07) is 5.94. The average Bonchev–Trinajstić information content (AvgIpc) is 2.83. The molecule has 0 atom stereocenters. The second kappa shape index (κ2) is 12.9. The molecule has 0 N–H and O–H groups in total. The molecule has 38 heavy (non-hydrogen) atoms. The number of hydrogen-bond acceptors (Lipinski definition) is 6. The minimum atomic E-state index is -4.52. The van der Waals surface area contributed by atoms with Crippen LogP contribution in [0.15, 0.2) is 40.1 Å². The number of nitrogens with zero attached hydrogens (tertiary/aromatic N) is 4. The van der Waals surface area contributed by atoms with Crippen molar-refractivity contribution in [1.82, 2.24) is 14.0 Å². The molecule has 1 fully saturated rings. The van der Waals surface area contributed by atoms with E-state index in [1.165, 1.54) is 33.5 Å². The van der Waals surface area contributed by atoms with Crippen molar-refractivity contribution in [3.05, 3.63) is 57.1 Å². The Morgan fingerprint density at radius 2 is 1.71 bits per heavy atom. The molecule has 3 rings (SSSR count). The molecule has 0 aliphatic carbocycles. The van der Waals surface area contributed by atoms with E-state index in [4.69, 9.17) is 9.47 Å². The van der Waals surface area contributed by atoms with Crippen molar-refractivity contribution >= 4 is 13.8 Å². The van der Waals surface area contributed by atoms with Crippen LogP contribution in [0.3, 0.4) is 0 Å². The lowest BCUT2D eigenvalue weighted by atomic mass is 10.2. The summed E-state index contributed by atoms with van der Waals surface area (Å²) in [7, 11) is -1.24. The standard InChI is InChI=1S/C25H36F4N4O4Si/c1-38(2,3)16-15-36-19-32-10-7-23(34)33(24(32)35)9-4-8-30-11-13-31(14-12-30)21-6-5-20(26)17-22(21)37-18-25(27,28)29/h5-7,10,17H,4,8-9,11-16,18-19H2,1-3H3. The number of anilines is 1. The fourth-order valence-electron chi connectivity index (χ4n) is 4.09. The number of ether oxygens (including phenoxy) is 2. The summed E-state index contributed by atoms with van der Waals surface area (Å²) in [5.41, 5.74) is -0.349. The van der Waals surface area contributed by atoms with Crippen molar-refractivity contribution in [2.75, 3.05) is 50.8 Å². The molecule has 2 heterocycles. The zero-order chi connectivity index (χ0) is 27.9. The van der Waals surface area contributed by atoms with E-state index in [1.54, 1.807) is 0 Å². The average molecular weight is 561 g/mol. The van der Waals surface area contributed by atoms with Crippen LogP contribution in [-0.4, -0.2) is 74.2 Å². The summed E-state index contributed by atoms with van der Waals surface area (Å²) < 4.78 is 64.6. The van der Waals surface area contributed by atoms with Gasteiger partial charge in [0.15, 0.2) is 6.61 Å². The van der Waals surface area contributed by atoms with Crippen LogP contribution in [-0.2, 0) is 18.0 Å². The maximum Gasteiger partial charge on any atom is 0.422 e. The van der Waals surface area contributed by atoms with Gasteiger partial charge in [0.2, 0.25) is 0 Å². The molecule has 1 aromatic carbocycles. The first-order chi connectivity index (χ1) is 17.8. The van der Waals surface area contributed by atoms with Gasteiger partial charge >= 0.3 is 11.9 Å². The van der Waals surface area contributed by atoms with E-state index in [-0.39, 0.29) is 24.6 Å². The van der Waals surface area contributed by atoms with E-state index in [0.717, 1.165) is 12.1 Å². The second-order valence-corrected chi connectivity index (χ2v) is 16.2. The number of rotatable bonds is 12. The number of alkyl halides is 3. The SMILES string of the molecule is C[Si](C)(C)CCOCn1ccc(=O)n(CCCN2CCN(c3ccc(F)cc3OCC(F)(F)F)CC2)c1=O. The molecule has 0 amide bonds. The zero-order valence-corrected chi connectivity index (χ0v) is 23.1. The molecule has 1 aliphatic rings. The highest BCUT2D eigenvalue weighted by molar-refractivity contribution is 6.76. The maximum absolute atomic E-state index is 13.6. The molecule has 0 spiro atoms. The fourth-order valence-corrected chi connectivity index (χ4v) is 4.85. The molecule has 0 saturated carbocycles. The topological polar surface area (TPSA) is 68.9 Å². The van der Waals surface area contributed by atoms with Crippen LogP contribution < -0.4 is 20.9 Å². The van der Waals surface area contributed by atoms with Gasteiger partial charge in [-0.3, -0.25) is 18.8 Å². The molecule has 0 unspecified atom stereocenters. The number of hydrogen-bond donors (Lipinski definition) is 0. The van der Waals surface area contributed by atoms with Gasteiger partial charge < -0.3 is 14.4 Å². The first-order valence-electron chi connectivity index (χ1n) is 12.7. The maximum atomic E-state index is 13.6. The predicted octanol–water partition coefficient (Wildman–Crippen LogP) is 3.61. The third kappa shape index (κ3) is 9.28. The Hall–Kier alpha value is -2.64. The van der Waals surface area contributed by atoms with Crippen LogP contribution in [0.4, 0.5) is 23.2 Å². The lowest BCUT2D eigenvalue weighted by molar-refractivity contribution is -0.153. The molecule has 13 heteroatoms. The Labute approximate surface area is 220 Å². The van der Waals surface area contributed by atoms with Crippen LogP contribution in [0.25, 0.3) is 0 Å². The Bertz CT molecular complexity index is 1170. The van der Waals surface area contributed by atoms with Gasteiger partial charge in [0.1, 0.15) is 18.3 Å². The van der Waals surface area contributed by atoms with E-state index in [2.05, 4.69) is 24.5 Å². The normalized spacial score (nSPS) is 15.2. The van der Waals surface area contributed by atoms with Gasteiger partial charge in [-0.1, -0.05) is 19.6 Å². The number of benzene rings is 1. The van der Waals surface area contributed by atoms with Gasteiger partial charge in [0.25, 0.3) is 5.56 Å². The van der Waals surface area contributed by atoms with Crippen molar-refractivity contribution in [2.45, 2.75) is 51.6 Å². The highest BCUT2D eigenvalue weighted by Crippen LogP contribution is 2.31. The minimum absolute atomic E-state index is 0.101. The van der Waals surface area contributed by atoms with Gasteiger partial charge in [-0.15, -0.1) is 0 Å². The third-order valence-electron chi connectivity index (χ3n) is 6.25. The number of halogens is 4. The Balaban J connectivity index is 1.50. The lowest BCUT2D eigenvalue weighted by Gasteiger charge is -2.36. The summed E-state index contributed by atoms with van der Waals surface area (Å²) in [6.07, 6.45) is -2.49.